The first-order valence-corrected chi connectivity index (χ1v) is 13.3. The summed E-state index contributed by atoms with van der Waals surface area (Å²) in [6, 6.07) is 1.86. The summed E-state index contributed by atoms with van der Waals surface area (Å²) in [7, 11) is 2.07. The number of aromatic nitrogens is 2. The zero-order valence-corrected chi connectivity index (χ0v) is 24.0. The van der Waals surface area contributed by atoms with Gasteiger partial charge in [-0.1, -0.05) is 46.8 Å². The minimum Gasteiger partial charge on any atom is -0.374 e. The maximum atomic E-state index is 5.81. The predicted octanol–water partition coefficient (Wildman–Crippen LogP) is 7.56. The van der Waals surface area contributed by atoms with Crippen molar-refractivity contribution in [2.45, 2.75) is 80.8 Å². The van der Waals surface area contributed by atoms with E-state index in [4.69, 9.17) is 4.74 Å². The molecule has 1 aromatic rings. The minimum absolute atomic E-state index is 0.245. The zero-order valence-electron chi connectivity index (χ0n) is 23.2. The van der Waals surface area contributed by atoms with Crippen molar-refractivity contribution >= 4 is 24.3 Å². The molecule has 2 rings (SSSR count). The van der Waals surface area contributed by atoms with Crippen LogP contribution < -0.4 is 4.90 Å². The van der Waals surface area contributed by atoms with Gasteiger partial charge in [0.2, 0.25) is 5.95 Å². The van der Waals surface area contributed by atoms with Crippen LogP contribution in [0.25, 0.3) is 0 Å². The molecule has 0 amide bonds. The Labute approximate surface area is 211 Å². The first-order valence-electron chi connectivity index (χ1n) is 12.6. The first-order chi connectivity index (χ1) is 16.0. The second-order valence-corrected chi connectivity index (χ2v) is 7.33. The predicted molar refractivity (Wildman–Crippen MR) is 150 cm³/mol. The highest BCUT2D eigenvalue weighted by Crippen LogP contribution is 2.47. The number of anilines is 1. The molecule has 1 aromatic heterocycles. The standard InChI is InChI=1S/C19H31N3O.C3H7N.2C2H6.CH3Cl/c1-5-7-16(3)23-13-9-17-14-18(17)15(2)8-12-22(4)19-20-10-6-11-21-19;1-3-4-2;3*1-2/h5-7,10-11,15-18H,8-9,12-14H2,1-4H3;2-3H2,1H3;2*1-2H3;1H3/b7-5-;;;;. The number of hydrogen-bond donors (Lipinski definition) is 0. The van der Waals surface area contributed by atoms with E-state index in [2.05, 4.69) is 71.2 Å². The number of allylic oxidation sites excluding steroid dienone is 1. The van der Waals surface area contributed by atoms with E-state index in [1.807, 2.05) is 47.6 Å². The van der Waals surface area contributed by atoms with Crippen LogP contribution in [0.3, 0.4) is 0 Å². The maximum absolute atomic E-state index is 5.81. The molecule has 194 valence electrons. The van der Waals surface area contributed by atoms with Gasteiger partial charge in [-0.2, -0.15) is 0 Å². The van der Waals surface area contributed by atoms with Gasteiger partial charge < -0.3 is 14.6 Å². The van der Waals surface area contributed by atoms with E-state index < -0.39 is 0 Å². The molecule has 1 saturated carbocycles. The number of nitrogens with zero attached hydrogens (tertiary/aromatic N) is 4. The van der Waals surface area contributed by atoms with Crippen molar-refractivity contribution in [3.8, 4) is 0 Å². The highest BCUT2D eigenvalue weighted by atomic mass is 35.5. The third-order valence-corrected chi connectivity index (χ3v) is 5.08. The number of ether oxygens (including phenoxy) is 1. The average Bonchev–Trinajstić information content (AvgIpc) is 3.66. The van der Waals surface area contributed by atoms with Crippen LogP contribution in [0.5, 0.6) is 0 Å². The Balaban J connectivity index is -0.000000780. The number of halogens is 1. The summed E-state index contributed by atoms with van der Waals surface area (Å²) >= 11 is 4.64. The van der Waals surface area contributed by atoms with Gasteiger partial charge in [0.1, 0.15) is 0 Å². The Hall–Kier alpha value is -1.46. The second-order valence-electron chi connectivity index (χ2n) is 7.33. The SMILES string of the molecule is C/C=C\C(C)OCCC1CC1C(C)CCN(C)c1ncccn1.C=NCC.CC.CC.CCl. The second kappa shape index (κ2) is 26.8. The number of rotatable bonds is 11. The quantitative estimate of drug-likeness (QED) is 0.184. The molecular formula is C27H53ClN4O. The summed E-state index contributed by atoms with van der Waals surface area (Å²) < 4.78 is 5.81. The normalized spacial score (nSPS) is 17.3. The van der Waals surface area contributed by atoms with E-state index in [1.54, 1.807) is 12.4 Å². The Morgan fingerprint density at radius 3 is 2.24 bits per heavy atom. The highest BCUT2D eigenvalue weighted by molar-refractivity contribution is 6.15. The molecule has 5 nitrogen and oxygen atoms in total. The van der Waals surface area contributed by atoms with Crippen molar-refractivity contribution in [3.05, 3.63) is 30.6 Å². The molecule has 0 radical (unpaired) electrons. The Morgan fingerprint density at radius 1 is 1.21 bits per heavy atom. The molecule has 1 heterocycles. The van der Waals surface area contributed by atoms with E-state index in [0.29, 0.717) is 0 Å². The molecule has 33 heavy (non-hydrogen) atoms. The van der Waals surface area contributed by atoms with Crippen molar-refractivity contribution < 1.29 is 4.74 Å². The van der Waals surface area contributed by atoms with E-state index >= 15 is 0 Å². The van der Waals surface area contributed by atoms with E-state index in [9.17, 15) is 0 Å². The molecule has 4 unspecified atom stereocenters. The largest absolute Gasteiger partial charge is 0.374 e. The molecule has 1 aliphatic carbocycles. The number of alkyl halides is 1. The van der Waals surface area contributed by atoms with Gasteiger partial charge in [0.25, 0.3) is 0 Å². The van der Waals surface area contributed by atoms with Crippen LogP contribution in [0, 0.1) is 17.8 Å². The fraction of sp³-hybridized carbons (Fsp3) is 0.741. The topological polar surface area (TPSA) is 50.6 Å². The smallest absolute Gasteiger partial charge is 0.224 e. The van der Waals surface area contributed by atoms with Crippen molar-refractivity contribution in [1.29, 1.82) is 0 Å². The van der Waals surface area contributed by atoms with Crippen LogP contribution in [0.15, 0.2) is 35.6 Å². The van der Waals surface area contributed by atoms with Gasteiger partial charge in [0, 0.05) is 45.5 Å². The van der Waals surface area contributed by atoms with Crippen LogP contribution in [0.4, 0.5) is 5.95 Å². The Morgan fingerprint density at radius 2 is 1.76 bits per heavy atom. The fourth-order valence-electron chi connectivity index (χ4n) is 3.23. The summed E-state index contributed by atoms with van der Waals surface area (Å²) in [5.41, 5.74) is 0. The van der Waals surface area contributed by atoms with Gasteiger partial charge in [-0.15, -0.1) is 11.6 Å². The van der Waals surface area contributed by atoms with Crippen molar-refractivity contribution in [1.82, 2.24) is 9.97 Å². The van der Waals surface area contributed by atoms with Crippen LogP contribution in [0.1, 0.15) is 74.7 Å². The van der Waals surface area contributed by atoms with Crippen molar-refractivity contribution in [2.24, 2.45) is 22.7 Å². The number of aliphatic imine (C=N–C) groups is 1. The summed E-state index contributed by atoms with van der Waals surface area (Å²) in [6.45, 7) is 22.4. The lowest BCUT2D eigenvalue weighted by Gasteiger charge is -2.19. The van der Waals surface area contributed by atoms with E-state index in [0.717, 1.165) is 43.4 Å². The first kappa shape index (κ1) is 36.1. The maximum Gasteiger partial charge on any atom is 0.224 e. The van der Waals surface area contributed by atoms with E-state index in [1.165, 1.54) is 25.6 Å². The monoisotopic (exact) mass is 484 g/mol. The molecule has 6 heteroatoms. The highest BCUT2D eigenvalue weighted by Gasteiger charge is 2.40. The molecule has 0 aromatic carbocycles. The lowest BCUT2D eigenvalue weighted by atomic mass is 9.99. The van der Waals surface area contributed by atoms with Gasteiger partial charge in [-0.25, -0.2) is 9.97 Å². The molecule has 4 atom stereocenters. The summed E-state index contributed by atoms with van der Waals surface area (Å²) in [5, 5.41) is 0. The lowest BCUT2D eigenvalue weighted by molar-refractivity contribution is 0.0908. The number of hydrogen-bond acceptors (Lipinski definition) is 5. The third-order valence-electron chi connectivity index (χ3n) is 5.08. The van der Waals surface area contributed by atoms with Crippen LogP contribution in [-0.2, 0) is 4.74 Å². The summed E-state index contributed by atoms with van der Waals surface area (Å²) in [6.07, 6.45) is 13.2. The average molecular weight is 485 g/mol. The molecular weight excluding hydrogens is 432 g/mol. The Kier molecular flexibility index (Phi) is 29.3. The molecule has 0 bridgehead atoms. The molecule has 0 N–H and O–H groups in total. The summed E-state index contributed by atoms with van der Waals surface area (Å²) in [5.74, 6) is 3.32. The van der Waals surface area contributed by atoms with Crippen LogP contribution in [0.2, 0.25) is 0 Å². The fourth-order valence-corrected chi connectivity index (χ4v) is 3.23. The van der Waals surface area contributed by atoms with Gasteiger partial charge in [-0.3, -0.25) is 0 Å². The van der Waals surface area contributed by atoms with Gasteiger partial charge in [-0.05, 0) is 70.6 Å². The molecule has 0 spiro atoms. The zero-order chi connectivity index (χ0) is 26.1. The van der Waals surface area contributed by atoms with Crippen LogP contribution in [-0.4, -0.2) is 55.9 Å². The molecule has 1 fully saturated rings. The van der Waals surface area contributed by atoms with Crippen LogP contribution >= 0.6 is 11.6 Å². The molecule has 1 aliphatic rings. The summed E-state index contributed by atoms with van der Waals surface area (Å²) in [4.78, 5) is 14.2. The molecule has 0 saturated heterocycles. The van der Waals surface area contributed by atoms with Crippen molar-refractivity contribution in [2.75, 3.05) is 38.0 Å². The Bertz CT molecular complexity index is 542. The van der Waals surface area contributed by atoms with Crippen molar-refractivity contribution in [3.63, 3.8) is 0 Å². The van der Waals surface area contributed by atoms with Gasteiger partial charge >= 0.3 is 0 Å². The third kappa shape index (κ3) is 19.7. The lowest BCUT2D eigenvalue weighted by Crippen LogP contribution is -2.23. The molecule has 0 aliphatic heterocycles. The van der Waals surface area contributed by atoms with Gasteiger partial charge in [0.15, 0.2) is 0 Å². The van der Waals surface area contributed by atoms with E-state index in [-0.39, 0.29) is 6.10 Å². The minimum atomic E-state index is 0.245. The van der Waals surface area contributed by atoms with Gasteiger partial charge in [0.05, 0.1) is 6.10 Å².